The van der Waals surface area contributed by atoms with Gasteiger partial charge in [0.2, 0.25) is 0 Å². The van der Waals surface area contributed by atoms with Crippen molar-refractivity contribution in [2.24, 2.45) is 0 Å². The SMILES string of the molecule is CCCN(CCCCCCNCCc1ccc(S(C)(=O)=O)cc1)C1CCc2c[nH]cc2C1. The highest BCUT2D eigenvalue weighted by Crippen LogP contribution is 2.25. The number of benzene rings is 1. The molecule has 2 aromatic rings. The van der Waals surface area contributed by atoms with Gasteiger partial charge in [-0.15, -0.1) is 0 Å². The first kappa shape index (κ1) is 25.0. The van der Waals surface area contributed by atoms with Crippen LogP contribution < -0.4 is 5.32 Å². The van der Waals surface area contributed by atoms with Gasteiger partial charge in [0.05, 0.1) is 4.90 Å². The Morgan fingerprint density at radius 2 is 1.75 bits per heavy atom. The van der Waals surface area contributed by atoms with Gasteiger partial charge in [-0.3, -0.25) is 0 Å². The highest BCUT2D eigenvalue weighted by Gasteiger charge is 2.23. The second kappa shape index (κ2) is 12.6. The van der Waals surface area contributed by atoms with Crippen LogP contribution in [-0.4, -0.2) is 56.8 Å². The van der Waals surface area contributed by atoms with Crippen LogP contribution in [0.1, 0.15) is 62.1 Å². The number of aryl methyl sites for hydroxylation is 1. The summed E-state index contributed by atoms with van der Waals surface area (Å²) in [6.07, 6.45) is 16.6. The van der Waals surface area contributed by atoms with E-state index in [2.05, 4.69) is 34.5 Å². The van der Waals surface area contributed by atoms with Crippen molar-refractivity contribution in [3.8, 4) is 0 Å². The number of nitrogens with zero attached hydrogens (tertiary/aromatic N) is 1. The third-order valence-corrected chi connectivity index (χ3v) is 7.78. The highest BCUT2D eigenvalue weighted by molar-refractivity contribution is 7.90. The molecule has 2 N–H and O–H groups in total. The molecule has 178 valence electrons. The summed E-state index contributed by atoms with van der Waals surface area (Å²) in [5.41, 5.74) is 4.23. The summed E-state index contributed by atoms with van der Waals surface area (Å²) in [6, 6.07) is 7.96. The average Bonchev–Trinajstić information content (AvgIpc) is 3.25. The van der Waals surface area contributed by atoms with Crippen molar-refractivity contribution >= 4 is 9.84 Å². The molecule has 0 aliphatic heterocycles. The zero-order valence-corrected chi connectivity index (χ0v) is 20.7. The molecule has 0 saturated heterocycles. The third kappa shape index (κ3) is 7.75. The third-order valence-electron chi connectivity index (χ3n) is 6.65. The molecule has 0 amide bonds. The van der Waals surface area contributed by atoms with E-state index in [-0.39, 0.29) is 0 Å². The van der Waals surface area contributed by atoms with Crippen LogP contribution in [0, 0.1) is 0 Å². The lowest BCUT2D eigenvalue weighted by molar-refractivity contribution is 0.176. The van der Waals surface area contributed by atoms with E-state index in [0.717, 1.165) is 19.5 Å². The van der Waals surface area contributed by atoms with Gasteiger partial charge in [-0.2, -0.15) is 0 Å². The van der Waals surface area contributed by atoms with Gasteiger partial charge in [-0.25, -0.2) is 8.42 Å². The molecule has 1 aliphatic carbocycles. The van der Waals surface area contributed by atoms with E-state index in [1.165, 1.54) is 87.4 Å². The van der Waals surface area contributed by atoms with Gasteiger partial charge in [0.15, 0.2) is 9.84 Å². The molecule has 6 heteroatoms. The lowest BCUT2D eigenvalue weighted by Crippen LogP contribution is -2.40. The van der Waals surface area contributed by atoms with Gasteiger partial charge in [-0.1, -0.05) is 31.9 Å². The Labute approximate surface area is 194 Å². The van der Waals surface area contributed by atoms with Crippen LogP contribution >= 0.6 is 0 Å². The Morgan fingerprint density at radius 1 is 1.00 bits per heavy atom. The van der Waals surface area contributed by atoms with Crippen molar-refractivity contribution in [2.75, 3.05) is 32.4 Å². The maximum absolute atomic E-state index is 11.5. The largest absolute Gasteiger partial charge is 0.367 e. The van der Waals surface area contributed by atoms with E-state index in [0.29, 0.717) is 10.9 Å². The van der Waals surface area contributed by atoms with Crippen LogP contribution in [0.5, 0.6) is 0 Å². The summed E-state index contributed by atoms with van der Waals surface area (Å²) in [7, 11) is -3.10. The number of aromatic nitrogens is 1. The monoisotopic (exact) mass is 459 g/mol. The number of H-pyrrole nitrogens is 1. The van der Waals surface area contributed by atoms with Crippen molar-refractivity contribution in [2.45, 2.75) is 75.6 Å². The summed E-state index contributed by atoms with van der Waals surface area (Å²) in [4.78, 5) is 6.42. The number of sulfone groups is 1. The zero-order chi connectivity index (χ0) is 22.8. The zero-order valence-electron chi connectivity index (χ0n) is 19.9. The number of rotatable bonds is 14. The maximum atomic E-state index is 11.5. The Balaban J connectivity index is 1.24. The van der Waals surface area contributed by atoms with Crippen molar-refractivity contribution in [1.29, 1.82) is 0 Å². The lowest BCUT2D eigenvalue weighted by atomic mass is 9.90. The number of unbranched alkanes of at least 4 members (excludes halogenated alkanes) is 3. The van der Waals surface area contributed by atoms with Gasteiger partial charge in [-0.05, 0) is 99.9 Å². The summed E-state index contributed by atoms with van der Waals surface area (Å²) in [5.74, 6) is 0. The van der Waals surface area contributed by atoms with Crippen LogP contribution in [0.2, 0.25) is 0 Å². The van der Waals surface area contributed by atoms with E-state index < -0.39 is 9.84 Å². The van der Waals surface area contributed by atoms with Crippen LogP contribution in [0.3, 0.4) is 0 Å². The normalized spacial score (nSPS) is 16.4. The van der Waals surface area contributed by atoms with Gasteiger partial charge in [0.1, 0.15) is 0 Å². The van der Waals surface area contributed by atoms with E-state index in [1.54, 1.807) is 12.1 Å². The maximum Gasteiger partial charge on any atom is 0.175 e. The number of nitrogens with one attached hydrogen (secondary N) is 2. The molecule has 0 radical (unpaired) electrons. The first-order valence-electron chi connectivity index (χ1n) is 12.4. The van der Waals surface area contributed by atoms with Crippen LogP contribution in [0.25, 0.3) is 0 Å². The van der Waals surface area contributed by atoms with E-state index in [9.17, 15) is 8.42 Å². The summed E-state index contributed by atoms with van der Waals surface area (Å²) >= 11 is 0. The molecule has 0 bridgehead atoms. The number of hydrogen-bond donors (Lipinski definition) is 2. The fourth-order valence-electron chi connectivity index (χ4n) is 4.78. The van der Waals surface area contributed by atoms with Crippen molar-refractivity contribution < 1.29 is 8.42 Å². The predicted molar refractivity (Wildman–Crippen MR) is 133 cm³/mol. The number of fused-ring (bicyclic) bond motifs is 1. The van der Waals surface area contributed by atoms with E-state index in [4.69, 9.17) is 0 Å². The van der Waals surface area contributed by atoms with Gasteiger partial charge in [0, 0.05) is 24.7 Å². The van der Waals surface area contributed by atoms with Gasteiger partial charge >= 0.3 is 0 Å². The summed E-state index contributed by atoms with van der Waals surface area (Å²) in [5, 5.41) is 3.53. The van der Waals surface area contributed by atoms with E-state index in [1.807, 2.05) is 12.1 Å². The number of hydrogen-bond acceptors (Lipinski definition) is 4. The first-order chi connectivity index (χ1) is 15.5. The minimum Gasteiger partial charge on any atom is -0.367 e. The minimum atomic E-state index is -3.10. The van der Waals surface area contributed by atoms with Crippen molar-refractivity contribution in [3.63, 3.8) is 0 Å². The van der Waals surface area contributed by atoms with Crippen LogP contribution in [-0.2, 0) is 29.1 Å². The summed E-state index contributed by atoms with van der Waals surface area (Å²) < 4.78 is 23.0. The molecular formula is C26H41N3O2S. The Kier molecular flexibility index (Phi) is 9.82. The molecule has 0 saturated carbocycles. The lowest BCUT2D eigenvalue weighted by Gasteiger charge is -2.34. The second-order valence-electron chi connectivity index (χ2n) is 9.27. The number of aromatic amines is 1. The molecule has 1 atom stereocenters. The Morgan fingerprint density at radius 3 is 2.50 bits per heavy atom. The fraction of sp³-hybridized carbons (Fsp3) is 0.615. The van der Waals surface area contributed by atoms with Crippen molar-refractivity contribution in [1.82, 2.24) is 15.2 Å². The standard InChI is InChI=1S/C26H41N3O2S/c1-3-17-29(25-11-10-23-20-28-21-24(23)19-25)18-7-5-4-6-15-27-16-14-22-8-12-26(13-9-22)32(2,30)31/h8-9,12-13,20-21,25,27-28H,3-7,10-11,14-19H2,1-2H3. The molecule has 3 rings (SSSR count). The van der Waals surface area contributed by atoms with E-state index >= 15 is 0 Å². The topological polar surface area (TPSA) is 65.2 Å². The molecule has 1 unspecified atom stereocenters. The first-order valence-corrected chi connectivity index (χ1v) is 14.2. The Bertz CT molecular complexity index is 905. The van der Waals surface area contributed by atoms with Gasteiger partial charge < -0.3 is 15.2 Å². The molecule has 1 heterocycles. The minimum absolute atomic E-state index is 0.393. The molecule has 1 aliphatic rings. The smallest absolute Gasteiger partial charge is 0.175 e. The van der Waals surface area contributed by atoms with Gasteiger partial charge in [0.25, 0.3) is 0 Å². The average molecular weight is 460 g/mol. The molecule has 0 spiro atoms. The second-order valence-corrected chi connectivity index (χ2v) is 11.3. The Hall–Kier alpha value is -1.63. The quantitative estimate of drug-likeness (QED) is 0.412. The molecule has 0 fully saturated rings. The molecular weight excluding hydrogens is 418 g/mol. The predicted octanol–water partition coefficient (Wildman–Crippen LogP) is 4.38. The molecule has 1 aromatic carbocycles. The van der Waals surface area contributed by atoms with Crippen LogP contribution in [0.4, 0.5) is 0 Å². The van der Waals surface area contributed by atoms with Crippen LogP contribution in [0.15, 0.2) is 41.6 Å². The summed E-state index contributed by atoms with van der Waals surface area (Å²) in [6.45, 7) is 6.74. The molecule has 5 nitrogen and oxygen atoms in total. The van der Waals surface area contributed by atoms with Crippen molar-refractivity contribution in [3.05, 3.63) is 53.3 Å². The highest BCUT2D eigenvalue weighted by atomic mass is 32.2. The fourth-order valence-corrected chi connectivity index (χ4v) is 5.41. The molecule has 1 aromatic heterocycles. The molecule has 32 heavy (non-hydrogen) atoms.